The summed E-state index contributed by atoms with van der Waals surface area (Å²) in [6.07, 6.45) is 1.69. The van der Waals surface area contributed by atoms with E-state index in [-0.39, 0.29) is 0 Å². The Kier molecular flexibility index (Phi) is 7.84. The molecule has 0 aliphatic heterocycles. The van der Waals surface area contributed by atoms with E-state index < -0.39 is 0 Å². The third kappa shape index (κ3) is 6.43. The van der Waals surface area contributed by atoms with E-state index in [4.69, 9.17) is 4.42 Å². The number of benzene rings is 2. The molecule has 3 rings (SSSR count). The molecule has 0 radical (unpaired) electrons. The zero-order chi connectivity index (χ0) is 22.2. The number of hydrogen-bond donors (Lipinski definition) is 2. The Balaban J connectivity index is 1.56. The van der Waals surface area contributed by atoms with Crippen molar-refractivity contribution in [3.05, 3.63) is 77.2 Å². The summed E-state index contributed by atoms with van der Waals surface area (Å²) in [5.74, 6) is 1.36. The van der Waals surface area contributed by atoms with Gasteiger partial charge in [-0.25, -0.2) is 4.98 Å². The van der Waals surface area contributed by atoms with Gasteiger partial charge in [0.25, 0.3) is 0 Å². The van der Waals surface area contributed by atoms with Crippen LogP contribution in [0.1, 0.15) is 36.2 Å². The minimum absolute atomic E-state index is 0.503. The Morgan fingerprint density at radius 3 is 2.39 bits per heavy atom. The van der Waals surface area contributed by atoms with Gasteiger partial charge in [-0.05, 0) is 51.1 Å². The molecule has 0 amide bonds. The fourth-order valence-electron chi connectivity index (χ4n) is 3.13. The number of nitrogens with zero attached hydrogens (tertiary/aromatic N) is 3. The molecule has 6 heteroatoms. The van der Waals surface area contributed by atoms with Crippen LogP contribution in [0, 0.1) is 6.92 Å². The van der Waals surface area contributed by atoms with E-state index in [0.717, 1.165) is 23.8 Å². The molecule has 6 nitrogen and oxygen atoms in total. The van der Waals surface area contributed by atoms with Crippen LogP contribution < -0.4 is 10.6 Å². The van der Waals surface area contributed by atoms with Crippen LogP contribution in [0.2, 0.25) is 0 Å². The summed E-state index contributed by atoms with van der Waals surface area (Å²) in [6, 6.07) is 17.2. The second kappa shape index (κ2) is 10.8. The van der Waals surface area contributed by atoms with Crippen LogP contribution in [0.15, 0.2) is 64.2 Å². The Bertz CT molecular complexity index is 991. The number of oxazole rings is 1. The molecule has 0 atom stereocenters. The molecule has 0 aliphatic rings. The second-order valence-corrected chi connectivity index (χ2v) is 8.07. The van der Waals surface area contributed by atoms with Crippen molar-refractivity contribution >= 4 is 5.96 Å². The van der Waals surface area contributed by atoms with Crippen LogP contribution in [0.3, 0.4) is 0 Å². The third-order valence-corrected chi connectivity index (χ3v) is 5.38. The number of nitrogens with one attached hydrogen (secondary N) is 2. The molecule has 0 saturated carbocycles. The summed E-state index contributed by atoms with van der Waals surface area (Å²) in [5.41, 5.74) is 5.60. The molecule has 1 heterocycles. The maximum Gasteiger partial charge on any atom is 0.226 e. The maximum absolute atomic E-state index is 5.64. The van der Waals surface area contributed by atoms with Crippen molar-refractivity contribution in [1.29, 1.82) is 0 Å². The standard InChI is InChI=1S/C25H33N5O/c1-18(2)30(5)16-22-9-7-6-8-21(22)14-27-25(26-4)28-15-23-17-31-24(29-23)20-12-10-19(3)11-13-20/h6-13,17-18H,14-16H2,1-5H3,(H2,26,27,28). The van der Waals surface area contributed by atoms with Crippen molar-refractivity contribution in [3.63, 3.8) is 0 Å². The van der Waals surface area contributed by atoms with Crippen LogP contribution in [0.5, 0.6) is 0 Å². The fraction of sp³-hybridized carbons (Fsp3) is 0.360. The van der Waals surface area contributed by atoms with Gasteiger partial charge in [-0.3, -0.25) is 9.89 Å². The first-order valence-electron chi connectivity index (χ1n) is 10.7. The largest absolute Gasteiger partial charge is 0.444 e. The Morgan fingerprint density at radius 1 is 1.03 bits per heavy atom. The molecule has 0 bridgehead atoms. The van der Waals surface area contributed by atoms with Crippen molar-refractivity contribution < 1.29 is 4.42 Å². The van der Waals surface area contributed by atoms with Crippen molar-refractivity contribution in [3.8, 4) is 11.5 Å². The van der Waals surface area contributed by atoms with Gasteiger partial charge >= 0.3 is 0 Å². The van der Waals surface area contributed by atoms with Crippen LogP contribution >= 0.6 is 0 Å². The van der Waals surface area contributed by atoms with Gasteiger partial charge in [0.05, 0.1) is 12.2 Å². The van der Waals surface area contributed by atoms with Crippen LogP contribution in [-0.2, 0) is 19.6 Å². The van der Waals surface area contributed by atoms with E-state index in [0.29, 0.717) is 25.0 Å². The first-order valence-corrected chi connectivity index (χ1v) is 10.7. The summed E-state index contributed by atoms with van der Waals surface area (Å²) >= 11 is 0. The fourth-order valence-corrected chi connectivity index (χ4v) is 3.13. The molecule has 2 aromatic carbocycles. The van der Waals surface area contributed by atoms with E-state index in [1.165, 1.54) is 16.7 Å². The minimum Gasteiger partial charge on any atom is -0.444 e. The summed E-state index contributed by atoms with van der Waals surface area (Å²) in [7, 11) is 3.92. The zero-order valence-electron chi connectivity index (χ0n) is 19.1. The maximum atomic E-state index is 5.64. The SMILES string of the molecule is CN=C(NCc1coc(-c2ccc(C)cc2)n1)NCc1ccccc1CN(C)C(C)C. The Hall–Kier alpha value is -3.12. The van der Waals surface area contributed by atoms with Crippen LogP contribution in [0.4, 0.5) is 0 Å². The summed E-state index contributed by atoms with van der Waals surface area (Å²) in [6.45, 7) is 8.64. The molecule has 0 unspecified atom stereocenters. The summed E-state index contributed by atoms with van der Waals surface area (Å²) < 4.78 is 5.64. The highest BCUT2D eigenvalue weighted by atomic mass is 16.3. The van der Waals surface area contributed by atoms with Crippen molar-refractivity contribution in [2.45, 2.75) is 46.4 Å². The van der Waals surface area contributed by atoms with Gasteiger partial charge in [-0.2, -0.15) is 0 Å². The quantitative estimate of drug-likeness (QED) is 0.420. The highest BCUT2D eigenvalue weighted by molar-refractivity contribution is 5.79. The second-order valence-electron chi connectivity index (χ2n) is 8.07. The molecule has 1 aromatic heterocycles. The van der Waals surface area contributed by atoms with Gasteiger partial charge in [0.15, 0.2) is 5.96 Å². The average Bonchev–Trinajstić information content (AvgIpc) is 3.24. The lowest BCUT2D eigenvalue weighted by atomic mass is 10.1. The van der Waals surface area contributed by atoms with Crippen molar-refractivity contribution in [2.75, 3.05) is 14.1 Å². The van der Waals surface area contributed by atoms with Crippen LogP contribution in [0.25, 0.3) is 11.5 Å². The highest BCUT2D eigenvalue weighted by Crippen LogP contribution is 2.19. The van der Waals surface area contributed by atoms with E-state index >= 15 is 0 Å². The number of rotatable bonds is 8. The first kappa shape index (κ1) is 22.6. The molecule has 31 heavy (non-hydrogen) atoms. The van der Waals surface area contributed by atoms with Gasteiger partial charge in [0.2, 0.25) is 5.89 Å². The van der Waals surface area contributed by atoms with E-state index in [9.17, 15) is 0 Å². The molecular formula is C25H33N5O. The predicted octanol–water partition coefficient (Wildman–Crippen LogP) is 4.36. The van der Waals surface area contributed by atoms with Crippen LogP contribution in [-0.4, -0.2) is 36.0 Å². The van der Waals surface area contributed by atoms with Gasteiger partial charge in [-0.1, -0.05) is 42.0 Å². The van der Waals surface area contributed by atoms with Crippen molar-refractivity contribution in [2.24, 2.45) is 4.99 Å². The lowest BCUT2D eigenvalue weighted by Gasteiger charge is -2.23. The molecule has 0 fully saturated rings. The number of guanidine groups is 1. The number of aryl methyl sites for hydroxylation is 1. The number of hydrogen-bond acceptors (Lipinski definition) is 4. The predicted molar refractivity (Wildman–Crippen MR) is 127 cm³/mol. The van der Waals surface area contributed by atoms with Gasteiger partial charge in [0.1, 0.15) is 6.26 Å². The molecular weight excluding hydrogens is 386 g/mol. The van der Waals surface area contributed by atoms with Crippen molar-refractivity contribution in [1.82, 2.24) is 20.5 Å². The molecule has 0 spiro atoms. The summed E-state index contributed by atoms with van der Waals surface area (Å²) in [4.78, 5) is 11.3. The first-order chi connectivity index (χ1) is 15.0. The molecule has 164 valence electrons. The molecule has 0 aliphatic carbocycles. The topological polar surface area (TPSA) is 65.7 Å². The van der Waals surface area contributed by atoms with Gasteiger partial charge in [-0.15, -0.1) is 0 Å². The van der Waals surface area contributed by atoms with Gasteiger partial charge in [0, 0.05) is 31.7 Å². The monoisotopic (exact) mass is 419 g/mol. The zero-order valence-corrected chi connectivity index (χ0v) is 19.1. The smallest absolute Gasteiger partial charge is 0.226 e. The summed E-state index contributed by atoms with van der Waals surface area (Å²) in [5, 5.41) is 6.72. The molecule has 2 N–H and O–H groups in total. The Labute approximate surface area is 185 Å². The van der Waals surface area contributed by atoms with E-state index in [1.54, 1.807) is 13.3 Å². The Morgan fingerprint density at radius 2 is 1.71 bits per heavy atom. The highest BCUT2D eigenvalue weighted by Gasteiger charge is 2.10. The molecule has 0 saturated heterocycles. The van der Waals surface area contributed by atoms with Gasteiger partial charge < -0.3 is 15.1 Å². The average molecular weight is 420 g/mol. The minimum atomic E-state index is 0.503. The lowest BCUT2D eigenvalue weighted by Crippen LogP contribution is -2.36. The third-order valence-electron chi connectivity index (χ3n) is 5.38. The number of aliphatic imine (C=N–C) groups is 1. The normalized spacial score (nSPS) is 11.9. The van der Waals surface area contributed by atoms with E-state index in [1.807, 2.05) is 12.1 Å². The van der Waals surface area contributed by atoms with E-state index in [2.05, 4.69) is 89.7 Å². The lowest BCUT2D eigenvalue weighted by molar-refractivity contribution is 0.265. The molecule has 3 aromatic rings. The number of aromatic nitrogens is 1.